The van der Waals surface area contributed by atoms with Crippen molar-refractivity contribution in [2.24, 2.45) is 0 Å². The van der Waals surface area contributed by atoms with Crippen LogP contribution in [0, 0.1) is 0 Å². The van der Waals surface area contributed by atoms with E-state index in [2.05, 4.69) is 55.4 Å². The summed E-state index contributed by atoms with van der Waals surface area (Å²) < 4.78 is 2.75. The fraction of sp³-hybridized carbons (Fsp3) is 0.923. The predicted octanol–water partition coefficient (Wildman–Crippen LogP) is 3.37. The SMILES string of the molecule is CCC[N+](CCC)(CCC)CCC.CCC[N+](CCC)(CCC)CCC.O=C([O-])C(=O)[O-]. The Morgan fingerprint density at radius 2 is 0.531 bits per heavy atom. The van der Waals surface area contributed by atoms with Gasteiger partial charge in [-0.25, -0.2) is 0 Å². The summed E-state index contributed by atoms with van der Waals surface area (Å²) >= 11 is 0. The van der Waals surface area contributed by atoms with Crippen LogP contribution in [0.4, 0.5) is 0 Å². The van der Waals surface area contributed by atoms with E-state index in [1.54, 1.807) is 0 Å². The van der Waals surface area contributed by atoms with Gasteiger partial charge in [0, 0.05) is 0 Å². The summed E-state index contributed by atoms with van der Waals surface area (Å²) in [6.07, 6.45) is 10.7. The lowest BCUT2D eigenvalue weighted by Gasteiger charge is -2.38. The maximum atomic E-state index is 8.93. The number of nitrogens with zero attached hydrogens (tertiary/aromatic N) is 2. The highest BCUT2D eigenvalue weighted by molar-refractivity contribution is 6.25. The van der Waals surface area contributed by atoms with Crippen molar-refractivity contribution >= 4 is 11.9 Å². The van der Waals surface area contributed by atoms with E-state index in [9.17, 15) is 0 Å². The van der Waals surface area contributed by atoms with E-state index in [1.807, 2.05) is 0 Å². The molecule has 0 aliphatic rings. The Morgan fingerprint density at radius 1 is 0.406 bits per heavy atom. The van der Waals surface area contributed by atoms with Gasteiger partial charge in [-0.05, 0) is 51.4 Å². The van der Waals surface area contributed by atoms with Gasteiger partial charge in [0.2, 0.25) is 0 Å². The minimum absolute atomic E-state index is 1.33. The summed E-state index contributed by atoms with van der Waals surface area (Å²) in [4.78, 5) is 17.9. The Kier molecular flexibility index (Phi) is 25.5. The molecule has 0 rings (SSSR count). The second-order valence-corrected chi connectivity index (χ2v) is 9.05. The van der Waals surface area contributed by atoms with Gasteiger partial charge in [-0.15, -0.1) is 0 Å². The number of carbonyl (C=O) groups is 2. The zero-order valence-electron chi connectivity index (χ0n) is 22.8. The minimum atomic E-state index is -2.19. The molecule has 0 aromatic heterocycles. The van der Waals surface area contributed by atoms with Gasteiger partial charge in [-0.1, -0.05) is 55.4 Å². The van der Waals surface area contributed by atoms with Crippen molar-refractivity contribution < 1.29 is 28.8 Å². The van der Waals surface area contributed by atoms with Gasteiger partial charge in [0.05, 0.1) is 64.3 Å². The van der Waals surface area contributed by atoms with E-state index in [0.717, 1.165) is 0 Å². The molecule has 0 heterocycles. The third kappa shape index (κ3) is 18.4. The molecule has 0 amide bonds. The Balaban J connectivity index is -0.000000422. The molecular formula is C26H56N2O4. The molecule has 32 heavy (non-hydrogen) atoms. The van der Waals surface area contributed by atoms with Crippen molar-refractivity contribution in [2.75, 3.05) is 52.4 Å². The first kappa shape index (κ1) is 35.4. The van der Waals surface area contributed by atoms with Gasteiger partial charge in [0.25, 0.3) is 0 Å². The number of hydrogen-bond donors (Lipinski definition) is 0. The number of aliphatic carboxylic acids is 2. The molecule has 0 spiro atoms. The van der Waals surface area contributed by atoms with Crippen molar-refractivity contribution in [2.45, 2.75) is 107 Å². The second kappa shape index (κ2) is 23.0. The number of quaternary nitrogens is 2. The second-order valence-electron chi connectivity index (χ2n) is 9.05. The van der Waals surface area contributed by atoms with Gasteiger partial charge in [-0.3, -0.25) is 0 Å². The van der Waals surface area contributed by atoms with Crippen LogP contribution in [0.3, 0.4) is 0 Å². The van der Waals surface area contributed by atoms with Crippen LogP contribution in [0.5, 0.6) is 0 Å². The molecule has 0 bridgehead atoms. The maximum Gasteiger partial charge on any atom is 0.0870 e. The molecule has 194 valence electrons. The molecule has 0 aromatic carbocycles. The van der Waals surface area contributed by atoms with Crippen LogP contribution in [0.2, 0.25) is 0 Å². The van der Waals surface area contributed by atoms with Gasteiger partial charge in [-0.2, -0.15) is 0 Å². The first-order valence-corrected chi connectivity index (χ1v) is 13.3. The number of rotatable bonds is 16. The number of hydrogen-bond acceptors (Lipinski definition) is 4. The Morgan fingerprint density at radius 3 is 0.594 bits per heavy atom. The molecule has 0 radical (unpaired) electrons. The predicted molar refractivity (Wildman–Crippen MR) is 132 cm³/mol. The summed E-state index contributed by atoms with van der Waals surface area (Å²) in [5, 5.41) is 17.9. The molecular weight excluding hydrogens is 404 g/mol. The quantitative estimate of drug-likeness (QED) is 0.261. The van der Waals surface area contributed by atoms with Crippen LogP contribution in [0.25, 0.3) is 0 Å². The van der Waals surface area contributed by atoms with Gasteiger partial charge >= 0.3 is 0 Å². The largest absolute Gasteiger partial charge is 0.543 e. The van der Waals surface area contributed by atoms with Crippen molar-refractivity contribution in [3.8, 4) is 0 Å². The normalized spacial score (nSPS) is 11.1. The zero-order valence-corrected chi connectivity index (χ0v) is 22.8. The monoisotopic (exact) mass is 460 g/mol. The van der Waals surface area contributed by atoms with E-state index in [4.69, 9.17) is 19.8 Å². The van der Waals surface area contributed by atoms with E-state index >= 15 is 0 Å². The van der Waals surface area contributed by atoms with E-state index in [1.165, 1.54) is 113 Å². The topological polar surface area (TPSA) is 80.3 Å². The lowest BCUT2D eigenvalue weighted by atomic mass is 10.2. The van der Waals surface area contributed by atoms with Crippen molar-refractivity contribution in [1.29, 1.82) is 0 Å². The maximum absolute atomic E-state index is 8.93. The van der Waals surface area contributed by atoms with Crippen LogP contribution >= 0.6 is 0 Å². The van der Waals surface area contributed by atoms with E-state index < -0.39 is 11.9 Å². The number of carboxylic acids is 2. The van der Waals surface area contributed by atoms with Gasteiger partial charge in [0.1, 0.15) is 0 Å². The standard InChI is InChI=1S/2C12H28N.C2H2O4/c2*1-5-9-13(10-6-2,11-7-3)12-8-4;3-1(4)2(5)6/h2*5-12H2,1-4H3;(H,3,4)(H,5,6)/q2*+1;/p-2. The highest BCUT2D eigenvalue weighted by Gasteiger charge is 2.23. The van der Waals surface area contributed by atoms with E-state index in [0.29, 0.717) is 0 Å². The van der Waals surface area contributed by atoms with Crippen LogP contribution in [0.1, 0.15) is 107 Å². The average molecular weight is 461 g/mol. The molecule has 6 nitrogen and oxygen atoms in total. The molecule has 0 saturated carbocycles. The fourth-order valence-electron chi connectivity index (χ4n) is 5.14. The summed E-state index contributed by atoms with van der Waals surface area (Å²) in [6, 6.07) is 0. The van der Waals surface area contributed by atoms with Crippen LogP contribution in [-0.4, -0.2) is 73.3 Å². The summed E-state index contributed by atoms with van der Waals surface area (Å²) in [6.45, 7) is 29.6. The smallest absolute Gasteiger partial charge is 0.0870 e. The lowest BCUT2D eigenvalue weighted by Crippen LogP contribution is -2.50. The van der Waals surface area contributed by atoms with Gasteiger partial charge in [0.15, 0.2) is 0 Å². The first-order valence-electron chi connectivity index (χ1n) is 13.3. The van der Waals surface area contributed by atoms with Crippen molar-refractivity contribution in [1.82, 2.24) is 0 Å². The molecule has 0 aromatic rings. The van der Waals surface area contributed by atoms with Crippen LogP contribution in [-0.2, 0) is 9.59 Å². The average Bonchev–Trinajstić information content (AvgIpc) is 2.70. The molecule has 0 atom stereocenters. The van der Waals surface area contributed by atoms with Crippen LogP contribution < -0.4 is 10.2 Å². The first-order chi connectivity index (χ1) is 15.1. The summed E-state index contributed by atoms with van der Waals surface area (Å²) in [5.74, 6) is -4.37. The molecule has 0 N–H and O–H groups in total. The molecule has 0 aliphatic carbocycles. The fourth-order valence-corrected chi connectivity index (χ4v) is 5.14. The number of carbonyl (C=O) groups excluding carboxylic acids is 2. The van der Waals surface area contributed by atoms with Crippen LogP contribution in [0.15, 0.2) is 0 Å². The minimum Gasteiger partial charge on any atom is -0.543 e. The van der Waals surface area contributed by atoms with Crippen molar-refractivity contribution in [3.63, 3.8) is 0 Å². The Bertz CT molecular complexity index is 343. The summed E-state index contributed by atoms with van der Waals surface area (Å²) in [5.41, 5.74) is 0. The van der Waals surface area contributed by atoms with E-state index in [-0.39, 0.29) is 0 Å². The Hall–Kier alpha value is -1.14. The molecule has 0 unspecified atom stereocenters. The van der Waals surface area contributed by atoms with Crippen molar-refractivity contribution in [3.05, 3.63) is 0 Å². The number of carboxylic acid groups (broad SMARTS) is 2. The third-order valence-electron chi connectivity index (χ3n) is 5.75. The molecule has 0 fully saturated rings. The Labute approximate surface area is 200 Å². The zero-order chi connectivity index (χ0) is 25.5. The molecule has 0 saturated heterocycles. The lowest BCUT2D eigenvalue weighted by molar-refractivity contribution is -0.928. The molecule has 0 aliphatic heterocycles. The summed E-state index contributed by atoms with van der Waals surface area (Å²) in [7, 11) is 0. The third-order valence-corrected chi connectivity index (χ3v) is 5.75. The molecule has 6 heteroatoms. The van der Waals surface area contributed by atoms with Gasteiger partial charge < -0.3 is 28.8 Å². The highest BCUT2D eigenvalue weighted by atomic mass is 16.4. The highest BCUT2D eigenvalue weighted by Crippen LogP contribution is 2.13.